The van der Waals surface area contributed by atoms with Crippen molar-refractivity contribution in [3.8, 4) is 0 Å². The van der Waals surface area contributed by atoms with E-state index in [4.69, 9.17) is 16.0 Å². The number of hydrogen-bond donors (Lipinski definition) is 0. The number of halogens is 1. The van der Waals surface area contributed by atoms with Crippen LogP contribution in [0.3, 0.4) is 0 Å². The molecule has 0 spiro atoms. The molecule has 0 amide bonds. The summed E-state index contributed by atoms with van der Waals surface area (Å²) in [5.41, 5.74) is -0.408. The topological polar surface area (TPSA) is 93.7 Å². The summed E-state index contributed by atoms with van der Waals surface area (Å²) in [5.74, 6) is 0.484. The standard InChI is InChI=1S/C11H11ClN2O5S2/c1-2-13(7-8-4-3-5-19-8)21(17,18)10-6-9(14(15)16)11(12)20-10/h3-6H,2,7H2,1H3. The van der Waals surface area contributed by atoms with E-state index in [2.05, 4.69) is 0 Å². The summed E-state index contributed by atoms with van der Waals surface area (Å²) >= 11 is 6.38. The molecule has 0 saturated heterocycles. The number of furan rings is 1. The van der Waals surface area contributed by atoms with Crippen LogP contribution in [0.4, 0.5) is 5.69 Å². The second kappa shape index (κ2) is 6.14. The zero-order valence-corrected chi connectivity index (χ0v) is 13.2. The third kappa shape index (κ3) is 3.26. The molecule has 21 heavy (non-hydrogen) atoms. The molecule has 0 aliphatic heterocycles. The van der Waals surface area contributed by atoms with Crippen molar-refractivity contribution in [1.29, 1.82) is 0 Å². The highest BCUT2D eigenvalue weighted by Gasteiger charge is 2.30. The van der Waals surface area contributed by atoms with Crippen molar-refractivity contribution in [1.82, 2.24) is 4.31 Å². The predicted octanol–water partition coefficient (Wildman–Crippen LogP) is 3.11. The highest BCUT2D eigenvalue weighted by Crippen LogP contribution is 2.37. The molecule has 10 heteroatoms. The van der Waals surface area contributed by atoms with Gasteiger partial charge in [0, 0.05) is 12.6 Å². The molecular weight excluding hydrogens is 340 g/mol. The van der Waals surface area contributed by atoms with Gasteiger partial charge in [-0.15, -0.1) is 11.3 Å². The van der Waals surface area contributed by atoms with Gasteiger partial charge in [0.2, 0.25) is 0 Å². The van der Waals surface area contributed by atoms with Crippen molar-refractivity contribution in [2.45, 2.75) is 17.7 Å². The van der Waals surface area contributed by atoms with E-state index in [0.29, 0.717) is 17.1 Å². The minimum atomic E-state index is -3.86. The maximum absolute atomic E-state index is 12.5. The van der Waals surface area contributed by atoms with Gasteiger partial charge < -0.3 is 4.42 Å². The largest absolute Gasteiger partial charge is 0.468 e. The first-order valence-electron chi connectivity index (χ1n) is 5.82. The van der Waals surface area contributed by atoms with Crippen LogP contribution in [0.15, 0.2) is 33.1 Å². The van der Waals surface area contributed by atoms with E-state index in [9.17, 15) is 18.5 Å². The molecule has 0 fully saturated rings. The van der Waals surface area contributed by atoms with Crippen LogP contribution in [0, 0.1) is 10.1 Å². The maximum atomic E-state index is 12.5. The quantitative estimate of drug-likeness (QED) is 0.589. The average molecular weight is 351 g/mol. The Morgan fingerprint density at radius 1 is 1.52 bits per heavy atom. The number of nitrogens with zero attached hydrogens (tertiary/aromatic N) is 2. The molecule has 0 N–H and O–H groups in total. The van der Waals surface area contributed by atoms with E-state index < -0.39 is 20.6 Å². The molecule has 2 aromatic rings. The summed E-state index contributed by atoms with van der Waals surface area (Å²) in [4.78, 5) is 10.1. The molecule has 114 valence electrons. The van der Waals surface area contributed by atoms with Crippen LogP contribution in [-0.4, -0.2) is 24.2 Å². The molecule has 2 aromatic heterocycles. The second-order valence-corrected chi connectivity index (χ2v) is 7.81. The molecule has 0 unspecified atom stereocenters. The van der Waals surface area contributed by atoms with Crippen molar-refractivity contribution in [3.63, 3.8) is 0 Å². The highest BCUT2D eigenvalue weighted by atomic mass is 35.5. The lowest BCUT2D eigenvalue weighted by Gasteiger charge is -2.17. The molecule has 2 heterocycles. The van der Waals surface area contributed by atoms with Gasteiger partial charge in [0.05, 0.1) is 17.7 Å². The first-order chi connectivity index (χ1) is 9.86. The number of rotatable bonds is 6. The van der Waals surface area contributed by atoms with Gasteiger partial charge >= 0.3 is 0 Å². The van der Waals surface area contributed by atoms with E-state index in [0.717, 1.165) is 10.4 Å². The predicted molar refractivity (Wildman–Crippen MR) is 78.0 cm³/mol. The molecule has 0 atom stereocenters. The number of hydrogen-bond acceptors (Lipinski definition) is 6. The molecule has 0 saturated carbocycles. The summed E-state index contributed by atoms with van der Waals surface area (Å²) in [6.45, 7) is 1.92. The Morgan fingerprint density at radius 3 is 2.71 bits per heavy atom. The van der Waals surface area contributed by atoms with Crippen LogP contribution in [0.25, 0.3) is 0 Å². The first kappa shape index (κ1) is 16.0. The second-order valence-electron chi connectivity index (χ2n) is 3.99. The average Bonchev–Trinajstić information content (AvgIpc) is 3.04. The van der Waals surface area contributed by atoms with Gasteiger partial charge in [0.15, 0.2) is 4.34 Å². The monoisotopic (exact) mass is 350 g/mol. The zero-order valence-electron chi connectivity index (χ0n) is 10.9. The van der Waals surface area contributed by atoms with Crippen molar-refractivity contribution in [2.24, 2.45) is 0 Å². The Hall–Kier alpha value is -1.42. The van der Waals surface area contributed by atoms with Crippen LogP contribution in [-0.2, 0) is 16.6 Å². The van der Waals surface area contributed by atoms with Crippen molar-refractivity contribution >= 4 is 38.6 Å². The highest BCUT2D eigenvalue weighted by molar-refractivity contribution is 7.91. The molecule has 2 rings (SSSR count). The van der Waals surface area contributed by atoms with Crippen molar-refractivity contribution in [2.75, 3.05) is 6.54 Å². The van der Waals surface area contributed by atoms with Crippen LogP contribution in [0.5, 0.6) is 0 Å². The molecule has 0 aromatic carbocycles. The van der Waals surface area contributed by atoms with Gasteiger partial charge in [0.1, 0.15) is 9.97 Å². The zero-order chi connectivity index (χ0) is 15.6. The Kier molecular flexibility index (Phi) is 4.67. The molecule has 0 bridgehead atoms. The summed E-state index contributed by atoms with van der Waals surface area (Å²) in [6, 6.07) is 4.29. The minimum absolute atomic E-state index is 0.0507. The summed E-state index contributed by atoms with van der Waals surface area (Å²) in [5, 5.41) is 10.8. The smallest absolute Gasteiger partial charge is 0.300 e. The van der Waals surface area contributed by atoms with Gasteiger partial charge in [-0.05, 0) is 12.1 Å². The Bertz CT molecular complexity index is 739. The first-order valence-corrected chi connectivity index (χ1v) is 8.46. The van der Waals surface area contributed by atoms with Crippen LogP contribution in [0.1, 0.15) is 12.7 Å². The van der Waals surface area contributed by atoms with Gasteiger partial charge in [-0.1, -0.05) is 18.5 Å². The van der Waals surface area contributed by atoms with E-state index >= 15 is 0 Å². The lowest BCUT2D eigenvalue weighted by atomic mass is 10.4. The Labute approximate surface area is 129 Å². The molecule has 0 radical (unpaired) electrons. The molecular formula is C11H11ClN2O5S2. The fourth-order valence-electron chi connectivity index (χ4n) is 1.66. The normalized spacial score (nSPS) is 12.0. The fraction of sp³-hybridized carbons (Fsp3) is 0.273. The number of sulfonamides is 1. The van der Waals surface area contributed by atoms with Gasteiger partial charge in [0.25, 0.3) is 15.7 Å². The molecule has 0 aliphatic rings. The van der Waals surface area contributed by atoms with Crippen molar-refractivity contribution in [3.05, 3.63) is 44.7 Å². The molecule has 7 nitrogen and oxygen atoms in total. The van der Waals surface area contributed by atoms with E-state index in [1.807, 2.05) is 0 Å². The lowest BCUT2D eigenvalue weighted by molar-refractivity contribution is -0.384. The number of nitro groups is 1. The van der Waals surface area contributed by atoms with Crippen LogP contribution >= 0.6 is 22.9 Å². The summed E-state index contributed by atoms with van der Waals surface area (Å²) in [7, 11) is -3.86. The SMILES string of the molecule is CCN(Cc1ccco1)S(=O)(=O)c1cc([N+](=O)[O-])c(Cl)s1. The van der Waals surface area contributed by atoms with E-state index in [-0.39, 0.29) is 21.6 Å². The maximum Gasteiger partial charge on any atom is 0.300 e. The van der Waals surface area contributed by atoms with Crippen molar-refractivity contribution < 1.29 is 17.8 Å². The van der Waals surface area contributed by atoms with Crippen LogP contribution in [0.2, 0.25) is 4.34 Å². The summed E-state index contributed by atoms with van der Waals surface area (Å²) in [6.07, 6.45) is 1.45. The van der Waals surface area contributed by atoms with Gasteiger partial charge in [-0.3, -0.25) is 10.1 Å². The van der Waals surface area contributed by atoms with E-state index in [1.165, 1.54) is 6.26 Å². The van der Waals surface area contributed by atoms with Crippen LogP contribution < -0.4 is 0 Å². The van der Waals surface area contributed by atoms with Gasteiger partial charge in [-0.2, -0.15) is 4.31 Å². The minimum Gasteiger partial charge on any atom is -0.468 e. The fourth-order valence-corrected chi connectivity index (χ4v) is 4.90. The third-order valence-corrected chi connectivity index (χ3v) is 6.41. The Balaban J connectivity index is 2.35. The number of thiophene rings is 1. The third-order valence-electron chi connectivity index (χ3n) is 2.70. The molecule has 0 aliphatic carbocycles. The lowest BCUT2D eigenvalue weighted by Crippen LogP contribution is -2.29. The summed E-state index contributed by atoms with van der Waals surface area (Å²) < 4.78 is 31.0. The van der Waals surface area contributed by atoms with Gasteiger partial charge in [-0.25, -0.2) is 8.42 Å². The Morgan fingerprint density at radius 2 is 2.24 bits per heavy atom. The van der Waals surface area contributed by atoms with E-state index in [1.54, 1.807) is 19.1 Å².